The molecule has 0 saturated carbocycles. The molecule has 1 saturated heterocycles. The van der Waals surface area contributed by atoms with Gasteiger partial charge in [0.25, 0.3) is 0 Å². The summed E-state index contributed by atoms with van der Waals surface area (Å²) in [6.45, 7) is 4.88. The summed E-state index contributed by atoms with van der Waals surface area (Å²) in [5.41, 5.74) is 6.62. The maximum Gasteiger partial charge on any atom is 0.238 e. The van der Waals surface area contributed by atoms with E-state index in [2.05, 4.69) is 44.2 Å². The smallest absolute Gasteiger partial charge is 0.238 e. The number of hydrogen-bond acceptors (Lipinski definition) is 3. The van der Waals surface area contributed by atoms with E-state index >= 15 is 0 Å². The van der Waals surface area contributed by atoms with Crippen molar-refractivity contribution in [1.82, 2.24) is 0 Å². The molecule has 1 aliphatic heterocycles. The van der Waals surface area contributed by atoms with Crippen molar-refractivity contribution in [3.8, 4) is 5.75 Å². The van der Waals surface area contributed by atoms with Gasteiger partial charge in [0.2, 0.25) is 11.8 Å². The summed E-state index contributed by atoms with van der Waals surface area (Å²) in [7, 11) is 0. The van der Waals surface area contributed by atoms with Crippen molar-refractivity contribution in [2.45, 2.75) is 38.5 Å². The number of rotatable bonds is 5. The first kappa shape index (κ1) is 20.2. The first-order valence-corrected chi connectivity index (χ1v) is 11.9. The number of benzene rings is 3. The second kappa shape index (κ2) is 7.58. The van der Waals surface area contributed by atoms with E-state index in [1.807, 2.05) is 36.4 Å². The van der Waals surface area contributed by atoms with Gasteiger partial charge in [0.15, 0.2) is 0 Å². The predicted octanol–water partition coefficient (Wildman–Crippen LogP) is 5.57. The Hall–Kier alpha value is -3.40. The van der Waals surface area contributed by atoms with Gasteiger partial charge in [-0.25, -0.2) is 4.90 Å². The van der Waals surface area contributed by atoms with Crippen LogP contribution in [0.1, 0.15) is 59.4 Å². The van der Waals surface area contributed by atoms with E-state index in [9.17, 15) is 9.59 Å². The zero-order valence-corrected chi connectivity index (χ0v) is 19.0. The summed E-state index contributed by atoms with van der Waals surface area (Å²) in [6, 6.07) is 22.2. The van der Waals surface area contributed by atoms with Crippen LogP contribution in [0.5, 0.6) is 5.75 Å². The molecule has 4 unspecified atom stereocenters. The van der Waals surface area contributed by atoms with Gasteiger partial charge in [-0.1, -0.05) is 61.4 Å². The molecule has 3 aromatic rings. The molecular weight excluding hydrogens is 410 g/mol. The van der Waals surface area contributed by atoms with Crippen molar-refractivity contribution in [2.75, 3.05) is 11.5 Å². The minimum Gasteiger partial charge on any atom is -0.494 e. The standard InChI is InChI=1S/C29H27NO3/c1-3-4-15-33-19-12-10-18(11-13-19)30-28(31)26-24-20-7-5-6-8-21(20)25(27(26)29(30)32)23-16-17(2)9-14-22(23)24/h5-14,16,24-27H,3-4,15H2,1-2H3. The first-order valence-electron chi connectivity index (χ1n) is 11.9. The summed E-state index contributed by atoms with van der Waals surface area (Å²) in [5, 5.41) is 0. The van der Waals surface area contributed by atoms with Gasteiger partial charge >= 0.3 is 0 Å². The number of carbonyl (C=O) groups is 2. The monoisotopic (exact) mass is 437 g/mol. The van der Waals surface area contributed by atoms with Crippen LogP contribution in [-0.4, -0.2) is 18.4 Å². The number of anilines is 1. The lowest BCUT2D eigenvalue weighted by molar-refractivity contribution is -0.122. The predicted molar refractivity (Wildman–Crippen MR) is 128 cm³/mol. The molecule has 0 aromatic heterocycles. The van der Waals surface area contributed by atoms with Crippen LogP contribution in [0.15, 0.2) is 66.7 Å². The molecule has 1 heterocycles. The molecule has 3 aromatic carbocycles. The minimum atomic E-state index is -0.354. The van der Waals surface area contributed by atoms with E-state index in [0.29, 0.717) is 12.3 Å². The van der Waals surface area contributed by atoms with E-state index in [1.54, 1.807) is 0 Å². The third-order valence-electron chi connectivity index (χ3n) is 7.56. The molecule has 4 atom stereocenters. The highest BCUT2D eigenvalue weighted by Gasteiger charge is 2.61. The van der Waals surface area contributed by atoms with Gasteiger partial charge in [0.05, 0.1) is 24.1 Å². The van der Waals surface area contributed by atoms with Crippen LogP contribution in [-0.2, 0) is 9.59 Å². The van der Waals surface area contributed by atoms with E-state index in [0.717, 1.165) is 18.6 Å². The third-order valence-corrected chi connectivity index (χ3v) is 7.56. The quantitative estimate of drug-likeness (QED) is 0.387. The molecule has 4 heteroatoms. The fourth-order valence-electron chi connectivity index (χ4n) is 6.13. The van der Waals surface area contributed by atoms with E-state index < -0.39 is 0 Å². The Labute approximate surface area is 194 Å². The molecule has 4 nitrogen and oxygen atoms in total. The highest BCUT2D eigenvalue weighted by molar-refractivity contribution is 6.23. The molecule has 4 aliphatic rings. The van der Waals surface area contributed by atoms with Crippen molar-refractivity contribution < 1.29 is 14.3 Å². The number of ether oxygens (including phenoxy) is 1. The summed E-state index contributed by atoms with van der Waals surface area (Å²) < 4.78 is 5.76. The Morgan fingerprint density at radius 1 is 0.788 bits per heavy atom. The van der Waals surface area contributed by atoms with Crippen LogP contribution < -0.4 is 9.64 Å². The van der Waals surface area contributed by atoms with Crippen molar-refractivity contribution in [3.63, 3.8) is 0 Å². The van der Waals surface area contributed by atoms with Gasteiger partial charge in [-0.15, -0.1) is 0 Å². The van der Waals surface area contributed by atoms with Crippen LogP contribution in [0.2, 0.25) is 0 Å². The molecule has 2 amide bonds. The van der Waals surface area contributed by atoms with Crippen molar-refractivity contribution in [1.29, 1.82) is 0 Å². The molecule has 0 spiro atoms. The Morgan fingerprint density at radius 2 is 1.39 bits per heavy atom. The molecular formula is C29H27NO3. The Balaban J connectivity index is 1.41. The van der Waals surface area contributed by atoms with Gasteiger partial charge in [-0.05, 0) is 59.9 Å². The zero-order chi connectivity index (χ0) is 22.7. The number of amides is 2. The van der Waals surface area contributed by atoms with Crippen molar-refractivity contribution >= 4 is 17.5 Å². The van der Waals surface area contributed by atoms with Crippen LogP contribution in [0, 0.1) is 18.8 Å². The minimum absolute atomic E-state index is 0.0788. The maximum absolute atomic E-state index is 13.8. The molecule has 7 rings (SSSR count). The van der Waals surface area contributed by atoms with Gasteiger partial charge in [-0.2, -0.15) is 0 Å². The second-order valence-corrected chi connectivity index (χ2v) is 9.48. The fourth-order valence-corrected chi connectivity index (χ4v) is 6.13. The highest BCUT2D eigenvalue weighted by atomic mass is 16.5. The molecule has 33 heavy (non-hydrogen) atoms. The van der Waals surface area contributed by atoms with Crippen LogP contribution in [0.3, 0.4) is 0 Å². The summed E-state index contributed by atoms with van der Waals surface area (Å²) >= 11 is 0. The molecule has 2 bridgehead atoms. The number of hydrogen-bond donors (Lipinski definition) is 0. The molecule has 3 aliphatic carbocycles. The summed E-state index contributed by atoms with van der Waals surface area (Å²) in [6.07, 6.45) is 2.07. The molecule has 0 radical (unpaired) electrons. The fraction of sp³-hybridized carbons (Fsp3) is 0.310. The van der Waals surface area contributed by atoms with Crippen molar-refractivity contribution in [2.24, 2.45) is 11.8 Å². The number of imide groups is 1. The second-order valence-electron chi connectivity index (χ2n) is 9.48. The number of unbranched alkanes of at least 4 members (excludes halogenated alkanes) is 1. The van der Waals surface area contributed by atoms with Gasteiger partial charge in [0, 0.05) is 11.8 Å². The molecule has 1 fully saturated rings. The maximum atomic E-state index is 13.8. The largest absolute Gasteiger partial charge is 0.494 e. The summed E-state index contributed by atoms with van der Waals surface area (Å²) in [5.74, 6) is -0.268. The third kappa shape index (κ3) is 2.90. The first-order chi connectivity index (χ1) is 16.1. The lowest BCUT2D eigenvalue weighted by atomic mass is 9.55. The van der Waals surface area contributed by atoms with Crippen LogP contribution in [0.4, 0.5) is 5.69 Å². The zero-order valence-electron chi connectivity index (χ0n) is 19.0. The average molecular weight is 438 g/mol. The number of carbonyl (C=O) groups excluding carboxylic acids is 2. The normalized spacial score (nSPS) is 24.5. The van der Waals surface area contributed by atoms with Gasteiger partial charge < -0.3 is 4.74 Å². The SMILES string of the molecule is CCCCOc1ccc(N2C(=O)C3C4c5ccccc5C(c5cc(C)ccc54)C3C2=O)cc1. The lowest BCUT2D eigenvalue weighted by Crippen LogP contribution is -2.41. The van der Waals surface area contributed by atoms with Crippen LogP contribution in [0.25, 0.3) is 0 Å². The van der Waals surface area contributed by atoms with Crippen molar-refractivity contribution in [3.05, 3.63) is 94.5 Å². The number of nitrogens with zero attached hydrogens (tertiary/aromatic N) is 1. The van der Waals surface area contributed by atoms with E-state index in [4.69, 9.17) is 4.74 Å². The van der Waals surface area contributed by atoms with Gasteiger partial charge in [0.1, 0.15) is 5.75 Å². The number of aryl methyl sites for hydroxylation is 1. The molecule has 0 N–H and O–H groups in total. The van der Waals surface area contributed by atoms with E-state index in [1.165, 1.54) is 32.7 Å². The highest BCUT2D eigenvalue weighted by Crippen LogP contribution is 2.61. The summed E-state index contributed by atoms with van der Waals surface area (Å²) in [4.78, 5) is 29.0. The Morgan fingerprint density at radius 3 is 2.03 bits per heavy atom. The Bertz CT molecular complexity index is 1260. The Kier molecular flexibility index (Phi) is 4.65. The average Bonchev–Trinajstić information content (AvgIpc) is 3.10. The van der Waals surface area contributed by atoms with Gasteiger partial charge in [-0.3, -0.25) is 9.59 Å². The van der Waals surface area contributed by atoms with Crippen LogP contribution >= 0.6 is 0 Å². The topological polar surface area (TPSA) is 46.6 Å². The lowest BCUT2D eigenvalue weighted by Gasteiger charge is -2.46. The van der Waals surface area contributed by atoms with E-state index in [-0.39, 0.29) is 35.5 Å². The molecule has 166 valence electrons.